The SMILES string of the molecule is CCCCCCCCCCCC/C=C\[N+](/C=C/CCCCCCCCCCCC)(Cc1ccccc1)Cc1ccccc1. The maximum absolute atomic E-state index is 2.52. The second-order valence-electron chi connectivity index (χ2n) is 13.1. The summed E-state index contributed by atoms with van der Waals surface area (Å²) < 4.78 is 0.865. The molecule has 1 heteroatoms. The Morgan fingerprint density at radius 1 is 0.395 bits per heavy atom. The fourth-order valence-corrected chi connectivity index (χ4v) is 6.23. The van der Waals surface area contributed by atoms with Gasteiger partial charge in [0.25, 0.3) is 0 Å². The van der Waals surface area contributed by atoms with E-state index in [0.717, 1.165) is 17.6 Å². The number of rotatable bonds is 28. The molecule has 0 fully saturated rings. The predicted octanol–water partition coefficient (Wildman–Crippen LogP) is 13.9. The minimum atomic E-state index is 0.865. The van der Waals surface area contributed by atoms with Gasteiger partial charge in [-0.3, -0.25) is 4.48 Å². The zero-order valence-electron chi connectivity index (χ0n) is 28.5. The van der Waals surface area contributed by atoms with Gasteiger partial charge in [0.2, 0.25) is 0 Å². The maximum atomic E-state index is 2.52. The number of benzene rings is 2. The van der Waals surface area contributed by atoms with Crippen LogP contribution in [-0.2, 0) is 13.1 Å². The van der Waals surface area contributed by atoms with Crippen LogP contribution in [0.4, 0.5) is 0 Å². The Hall–Kier alpha value is -2.12. The van der Waals surface area contributed by atoms with E-state index in [4.69, 9.17) is 0 Å². The molecule has 0 heterocycles. The molecule has 0 aliphatic carbocycles. The van der Waals surface area contributed by atoms with Crippen LogP contribution in [0.15, 0.2) is 85.2 Å². The third-order valence-corrected chi connectivity index (χ3v) is 8.89. The van der Waals surface area contributed by atoms with Crippen molar-refractivity contribution in [2.24, 2.45) is 0 Å². The average molecular weight is 587 g/mol. The monoisotopic (exact) mass is 587 g/mol. The Morgan fingerprint density at radius 3 is 1.02 bits per heavy atom. The van der Waals surface area contributed by atoms with Gasteiger partial charge in [0.05, 0.1) is 12.4 Å². The number of hydrogen-bond acceptors (Lipinski definition) is 0. The molecule has 0 aliphatic heterocycles. The molecule has 0 N–H and O–H groups in total. The molecule has 0 aromatic heterocycles. The Morgan fingerprint density at radius 2 is 0.698 bits per heavy atom. The first-order valence-corrected chi connectivity index (χ1v) is 18.6. The molecule has 0 spiro atoms. The lowest BCUT2D eigenvalue weighted by Crippen LogP contribution is -2.35. The lowest BCUT2D eigenvalue weighted by Gasteiger charge is -2.31. The average Bonchev–Trinajstić information content (AvgIpc) is 3.03. The number of hydrogen-bond donors (Lipinski definition) is 0. The third kappa shape index (κ3) is 19.7. The minimum absolute atomic E-state index is 0.865. The Labute approximate surface area is 268 Å². The Balaban J connectivity index is 1.90. The predicted molar refractivity (Wildman–Crippen MR) is 192 cm³/mol. The van der Waals surface area contributed by atoms with Crippen molar-refractivity contribution in [1.29, 1.82) is 0 Å². The van der Waals surface area contributed by atoms with Gasteiger partial charge in [-0.15, -0.1) is 0 Å². The largest absolute Gasteiger partial charge is 0.264 e. The van der Waals surface area contributed by atoms with E-state index in [1.807, 2.05) is 0 Å². The zero-order valence-corrected chi connectivity index (χ0v) is 28.5. The summed E-state index contributed by atoms with van der Waals surface area (Å²) in [6, 6.07) is 22.2. The number of unbranched alkanes of at least 4 members (excludes halogenated alkanes) is 20. The lowest BCUT2D eigenvalue weighted by atomic mass is 10.1. The zero-order chi connectivity index (χ0) is 30.5. The smallest absolute Gasteiger partial charge is 0.113 e. The topological polar surface area (TPSA) is 0 Å². The molecule has 2 aromatic rings. The standard InChI is InChI=1S/C42H68N/c1-3-5-7-9-11-13-15-17-19-21-23-31-37-43(39-41-33-27-25-28-34-41,40-42-35-29-26-30-36-42)38-32-24-22-20-18-16-14-12-10-8-6-4-2/h25-38H,3-24,39-40H2,1-2H3/q+1/b37-31-,38-32+. The second-order valence-corrected chi connectivity index (χ2v) is 13.1. The Bertz CT molecular complexity index is 835. The van der Waals surface area contributed by atoms with Crippen LogP contribution in [0.25, 0.3) is 0 Å². The third-order valence-electron chi connectivity index (χ3n) is 8.89. The summed E-state index contributed by atoms with van der Waals surface area (Å²) >= 11 is 0. The molecule has 0 aliphatic rings. The van der Waals surface area contributed by atoms with Gasteiger partial charge in [0, 0.05) is 11.1 Å². The van der Waals surface area contributed by atoms with E-state index < -0.39 is 0 Å². The molecule has 0 saturated heterocycles. The molecular weight excluding hydrogens is 518 g/mol. The van der Waals surface area contributed by atoms with E-state index in [1.165, 1.54) is 152 Å². The summed E-state index contributed by atoms with van der Waals surface area (Å²) in [5, 5.41) is 0. The van der Waals surface area contributed by atoms with Crippen LogP contribution in [-0.4, -0.2) is 4.48 Å². The highest BCUT2D eigenvalue weighted by atomic mass is 15.3. The second kappa shape index (κ2) is 26.3. The van der Waals surface area contributed by atoms with Crippen LogP contribution in [0, 0.1) is 0 Å². The quantitative estimate of drug-likeness (QED) is 0.0687. The normalized spacial score (nSPS) is 12.1. The Kier molecular flexibility index (Phi) is 22.7. The van der Waals surface area contributed by atoms with E-state index in [-0.39, 0.29) is 0 Å². The summed E-state index contributed by atoms with van der Waals surface area (Å²) in [5.74, 6) is 0. The molecule has 0 bridgehead atoms. The van der Waals surface area contributed by atoms with Crippen molar-refractivity contribution < 1.29 is 4.48 Å². The van der Waals surface area contributed by atoms with Gasteiger partial charge in [-0.05, 0) is 37.8 Å². The van der Waals surface area contributed by atoms with Gasteiger partial charge < -0.3 is 0 Å². The fraction of sp³-hybridized carbons (Fsp3) is 0.619. The molecule has 0 atom stereocenters. The molecule has 2 rings (SSSR count). The molecule has 240 valence electrons. The van der Waals surface area contributed by atoms with Crippen LogP contribution < -0.4 is 0 Å². The van der Waals surface area contributed by atoms with Crippen molar-refractivity contribution in [3.8, 4) is 0 Å². The van der Waals surface area contributed by atoms with E-state index in [2.05, 4.69) is 99.1 Å². The molecule has 0 radical (unpaired) electrons. The molecule has 0 saturated carbocycles. The van der Waals surface area contributed by atoms with Crippen molar-refractivity contribution in [3.63, 3.8) is 0 Å². The van der Waals surface area contributed by atoms with Crippen LogP contribution in [0.2, 0.25) is 0 Å². The van der Waals surface area contributed by atoms with Gasteiger partial charge in [-0.2, -0.15) is 0 Å². The summed E-state index contributed by atoms with van der Waals surface area (Å²) in [4.78, 5) is 0. The summed E-state index contributed by atoms with van der Waals surface area (Å²) in [5.41, 5.74) is 2.82. The minimum Gasteiger partial charge on any atom is -0.264 e. The van der Waals surface area contributed by atoms with Gasteiger partial charge in [0.1, 0.15) is 13.1 Å². The van der Waals surface area contributed by atoms with E-state index in [9.17, 15) is 0 Å². The summed E-state index contributed by atoms with van der Waals surface area (Å²) in [7, 11) is 0. The van der Waals surface area contributed by atoms with Gasteiger partial charge in [0.15, 0.2) is 0 Å². The molecule has 0 amide bonds. The van der Waals surface area contributed by atoms with E-state index in [1.54, 1.807) is 0 Å². The first-order valence-electron chi connectivity index (χ1n) is 18.6. The highest BCUT2D eigenvalue weighted by Crippen LogP contribution is 2.24. The molecule has 1 nitrogen and oxygen atoms in total. The number of allylic oxidation sites excluding steroid dienone is 2. The van der Waals surface area contributed by atoms with Crippen LogP contribution >= 0.6 is 0 Å². The number of nitrogens with zero attached hydrogens (tertiary/aromatic N) is 1. The van der Waals surface area contributed by atoms with Crippen molar-refractivity contribution in [1.82, 2.24) is 0 Å². The highest BCUT2D eigenvalue weighted by molar-refractivity contribution is 5.16. The van der Waals surface area contributed by atoms with Crippen molar-refractivity contribution in [2.75, 3.05) is 0 Å². The van der Waals surface area contributed by atoms with Crippen LogP contribution in [0.1, 0.15) is 166 Å². The molecular formula is C42H68N+. The molecule has 2 aromatic carbocycles. The summed E-state index contributed by atoms with van der Waals surface area (Å²) in [6.07, 6.45) is 40.3. The first-order chi connectivity index (χ1) is 21.3. The fourth-order valence-electron chi connectivity index (χ4n) is 6.23. The van der Waals surface area contributed by atoms with Crippen molar-refractivity contribution in [2.45, 2.75) is 168 Å². The van der Waals surface area contributed by atoms with Crippen LogP contribution in [0.3, 0.4) is 0 Å². The highest BCUT2D eigenvalue weighted by Gasteiger charge is 2.23. The van der Waals surface area contributed by atoms with Gasteiger partial charge in [-0.1, -0.05) is 190 Å². The van der Waals surface area contributed by atoms with E-state index >= 15 is 0 Å². The van der Waals surface area contributed by atoms with Gasteiger partial charge in [-0.25, -0.2) is 0 Å². The molecule has 43 heavy (non-hydrogen) atoms. The van der Waals surface area contributed by atoms with Gasteiger partial charge >= 0.3 is 0 Å². The first kappa shape index (κ1) is 37.1. The van der Waals surface area contributed by atoms with E-state index in [0.29, 0.717) is 0 Å². The lowest BCUT2D eigenvalue weighted by molar-refractivity contribution is -0.856. The summed E-state index contributed by atoms with van der Waals surface area (Å²) in [6.45, 7) is 6.60. The number of quaternary nitrogens is 1. The maximum Gasteiger partial charge on any atom is 0.113 e. The van der Waals surface area contributed by atoms with Crippen molar-refractivity contribution in [3.05, 3.63) is 96.3 Å². The van der Waals surface area contributed by atoms with Crippen LogP contribution in [0.5, 0.6) is 0 Å². The van der Waals surface area contributed by atoms with Crippen molar-refractivity contribution >= 4 is 0 Å². The molecule has 0 unspecified atom stereocenters.